The van der Waals surface area contributed by atoms with E-state index in [0.717, 1.165) is 6.42 Å². The number of amides is 1. The molecule has 1 amide bonds. The summed E-state index contributed by atoms with van der Waals surface area (Å²) in [6.45, 7) is 7.21. The number of guanidine groups is 1. The Morgan fingerprint density at radius 3 is 2.75 bits per heavy atom. The van der Waals surface area contributed by atoms with Crippen molar-refractivity contribution in [3.05, 3.63) is 0 Å². The minimum Gasteiger partial charge on any atom is -0.383 e. The van der Waals surface area contributed by atoms with Gasteiger partial charge in [0.15, 0.2) is 5.96 Å². The number of hydrogen-bond acceptors (Lipinski definition) is 3. The van der Waals surface area contributed by atoms with Crippen LogP contribution in [0.15, 0.2) is 4.99 Å². The Bertz CT molecular complexity index is 289. The third-order valence-electron chi connectivity index (χ3n) is 2.51. The quantitative estimate of drug-likeness (QED) is 0.673. The fraction of sp³-hybridized carbons (Fsp3) is 0.818. The number of carbonyl (C=O) groups is 1. The van der Waals surface area contributed by atoms with Gasteiger partial charge in [0.05, 0.1) is 13.2 Å². The highest BCUT2D eigenvalue weighted by molar-refractivity contribution is 6.08. The largest absolute Gasteiger partial charge is 0.383 e. The van der Waals surface area contributed by atoms with Crippen LogP contribution in [0.25, 0.3) is 0 Å². The van der Waals surface area contributed by atoms with Crippen LogP contribution in [0.3, 0.4) is 0 Å². The first-order valence-electron chi connectivity index (χ1n) is 5.61. The van der Waals surface area contributed by atoms with Gasteiger partial charge in [-0.25, -0.2) is 0 Å². The van der Waals surface area contributed by atoms with E-state index in [4.69, 9.17) is 4.74 Å². The van der Waals surface area contributed by atoms with E-state index in [1.165, 1.54) is 0 Å². The molecule has 0 spiro atoms. The molecular weight excluding hydrogens is 206 g/mol. The topological polar surface area (TPSA) is 62.7 Å². The number of hydrogen-bond donors (Lipinski definition) is 2. The maximum absolute atomic E-state index is 11.8. The molecular formula is C11H21N3O2. The van der Waals surface area contributed by atoms with Gasteiger partial charge in [0.2, 0.25) is 0 Å². The van der Waals surface area contributed by atoms with Crippen molar-refractivity contribution in [2.45, 2.75) is 32.7 Å². The number of aliphatic imine (C=N–C) groups is 1. The van der Waals surface area contributed by atoms with Gasteiger partial charge >= 0.3 is 0 Å². The maximum atomic E-state index is 11.8. The molecule has 1 aliphatic rings. The molecule has 0 saturated carbocycles. The highest BCUT2D eigenvalue weighted by atomic mass is 16.5. The monoisotopic (exact) mass is 227 g/mol. The van der Waals surface area contributed by atoms with Gasteiger partial charge in [0.1, 0.15) is 5.54 Å². The normalized spacial score (nSPS) is 27.3. The van der Waals surface area contributed by atoms with E-state index >= 15 is 0 Å². The number of nitrogens with zero attached hydrogens (tertiary/aromatic N) is 1. The fourth-order valence-corrected chi connectivity index (χ4v) is 1.88. The average Bonchev–Trinajstić information content (AvgIpc) is 2.41. The summed E-state index contributed by atoms with van der Waals surface area (Å²) in [5, 5.41) is 5.89. The first-order valence-corrected chi connectivity index (χ1v) is 5.61. The minimum atomic E-state index is -0.528. The van der Waals surface area contributed by atoms with E-state index in [2.05, 4.69) is 29.5 Å². The molecule has 0 radical (unpaired) electrons. The summed E-state index contributed by atoms with van der Waals surface area (Å²) in [5.41, 5.74) is -0.528. The zero-order valence-corrected chi connectivity index (χ0v) is 10.5. The molecule has 92 valence electrons. The van der Waals surface area contributed by atoms with Crippen LogP contribution in [0.5, 0.6) is 0 Å². The summed E-state index contributed by atoms with van der Waals surface area (Å²) in [6, 6.07) is 0. The molecule has 0 aromatic heterocycles. The molecule has 1 atom stereocenters. The lowest BCUT2D eigenvalue weighted by atomic mass is 9.91. The third kappa shape index (κ3) is 3.20. The Balaban J connectivity index is 2.59. The lowest BCUT2D eigenvalue weighted by Gasteiger charge is -2.22. The standard InChI is InChI=1S/C11H21N3O2/c1-8(2)7-11(3)9(15)13-10(14-11)12-5-6-16-4/h8H,5-7H2,1-4H3,(H2,12,13,14,15). The molecule has 1 aliphatic heterocycles. The van der Waals surface area contributed by atoms with Crippen LogP contribution >= 0.6 is 0 Å². The van der Waals surface area contributed by atoms with Crippen molar-refractivity contribution >= 4 is 11.9 Å². The minimum absolute atomic E-state index is 0.00244. The second kappa shape index (κ2) is 5.30. The fourth-order valence-electron chi connectivity index (χ4n) is 1.88. The number of rotatable bonds is 5. The van der Waals surface area contributed by atoms with Crippen LogP contribution in [0.2, 0.25) is 0 Å². The van der Waals surface area contributed by atoms with Crippen LogP contribution < -0.4 is 10.6 Å². The van der Waals surface area contributed by atoms with Crippen molar-refractivity contribution in [1.29, 1.82) is 0 Å². The summed E-state index contributed by atoms with van der Waals surface area (Å²) in [5.74, 6) is 1.02. The summed E-state index contributed by atoms with van der Waals surface area (Å²) in [6.07, 6.45) is 0.794. The highest BCUT2D eigenvalue weighted by Crippen LogP contribution is 2.19. The molecule has 1 saturated heterocycles. The van der Waals surface area contributed by atoms with Crippen LogP contribution in [0.1, 0.15) is 27.2 Å². The molecule has 5 nitrogen and oxygen atoms in total. The third-order valence-corrected chi connectivity index (χ3v) is 2.51. The van der Waals surface area contributed by atoms with Gasteiger partial charge in [0.25, 0.3) is 5.91 Å². The molecule has 0 aromatic rings. The zero-order valence-electron chi connectivity index (χ0n) is 10.5. The molecule has 1 heterocycles. The average molecular weight is 227 g/mol. The van der Waals surface area contributed by atoms with Crippen LogP contribution in [0, 0.1) is 5.92 Å². The number of nitrogens with one attached hydrogen (secondary N) is 2. The van der Waals surface area contributed by atoms with Crippen molar-refractivity contribution in [2.75, 3.05) is 20.3 Å². The zero-order chi connectivity index (χ0) is 12.2. The van der Waals surface area contributed by atoms with E-state index < -0.39 is 5.54 Å². The molecule has 1 rings (SSSR count). The lowest BCUT2D eigenvalue weighted by molar-refractivity contribution is -0.123. The van der Waals surface area contributed by atoms with Crippen LogP contribution in [-0.2, 0) is 9.53 Å². The smallest absolute Gasteiger partial charge is 0.252 e. The lowest BCUT2D eigenvalue weighted by Crippen LogP contribution is -2.44. The van der Waals surface area contributed by atoms with Crippen molar-refractivity contribution in [3.63, 3.8) is 0 Å². The Labute approximate surface area is 96.7 Å². The van der Waals surface area contributed by atoms with Crippen molar-refractivity contribution in [2.24, 2.45) is 10.9 Å². The van der Waals surface area contributed by atoms with Gasteiger partial charge in [-0.15, -0.1) is 0 Å². The Hall–Kier alpha value is -1.10. The van der Waals surface area contributed by atoms with Gasteiger partial charge in [-0.3, -0.25) is 15.1 Å². The number of ether oxygens (including phenoxy) is 1. The molecule has 0 aliphatic carbocycles. The van der Waals surface area contributed by atoms with Crippen LogP contribution in [-0.4, -0.2) is 37.7 Å². The summed E-state index contributed by atoms with van der Waals surface area (Å²) in [4.78, 5) is 16.0. The molecule has 0 bridgehead atoms. The molecule has 0 aromatic carbocycles. The number of carbonyl (C=O) groups excluding carboxylic acids is 1. The van der Waals surface area contributed by atoms with Gasteiger partial charge in [0, 0.05) is 7.11 Å². The van der Waals surface area contributed by atoms with Gasteiger partial charge in [-0.2, -0.15) is 0 Å². The van der Waals surface area contributed by atoms with E-state index in [9.17, 15) is 4.79 Å². The Morgan fingerprint density at radius 1 is 1.50 bits per heavy atom. The molecule has 5 heteroatoms. The van der Waals surface area contributed by atoms with Crippen molar-refractivity contribution in [1.82, 2.24) is 10.6 Å². The van der Waals surface area contributed by atoms with E-state index in [-0.39, 0.29) is 5.91 Å². The van der Waals surface area contributed by atoms with E-state index in [0.29, 0.717) is 25.0 Å². The SMILES string of the molecule is COCCN=C1NC(=O)C(C)(CC(C)C)N1. The van der Waals surface area contributed by atoms with Gasteiger partial charge in [-0.1, -0.05) is 13.8 Å². The second-order valence-corrected chi connectivity index (χ2v) is 4.73. The highest BCUT2D eigenvalue weighted by Gasteiger charge is 2.40. The molecule has 1 unspecified atom stereocenters. The van der Waals surface area contributed by atoms with E-state index in [1.54, 1.807) is 7.11 Å². The maximum Gasteiger partial charge on any atom is 0.252 e. The summed E-state index contributed by atoms with van der Waals surface area (Å²) in [7, 11) is 1.63. The predicted molar refractivity (Wildman–Crippen MR) is 63.3 cm³/mol. The van der Waals surface area contributed by atoms with Gasteiger partial charge in [-0.05, 0) is 19.3 Å². The molecule has 16 heavy (non-hydrogen) atoms. The first kappa shape index (κ1) is 13.0. The first-order chi connectivity index (χ1) is 7.48. The number of methoxy groups -OCH3 is 1. The molecule has 2 N–H and O–H groups in total. The Morgan fingerprint density at radius 2 is 2.19 bits per heavy atom. The van der Waals surface area contributed by atoms with Crippen molar-refractivity contribution < 1.29 is 9.53 Å². The summed E-state index contributed by atoms with van der Waals surface area (Å²) < 4.78 is 4.90. The summed E-state index contributed by atoms with van der Waals surface area (Å²) >= 11 is 0. The Kier molecular flexibility index (Phi) is 4.29. The van der Waals surface area contributed by atoms with Crippen molar-refractivity contribution in [3.8, 4) is 0 Å². The van der Waals surface area contributed by atoms with Crippen LogP contribution in [0.4, 0.5) is 0 Å². The van der Waals surface area contributed by atoms with Gasteiger partial charge < -0.3 is 10.1 Å². The van der Waals surface area contributed by atoms with E-state index in [1.807, 2.05) is 6.92 Å². The second-order valence-electron chi connectivity index (χ2n) is 4.73. The predicted octanol–water partition coefficient (Wildman–Crippen LogP) is 0.513. The molecule has 1 fully saturated rings.